The molecule has 244 valence electrons. The molecule has 0 aliphatic carbocycles. The second kappa shape index (κ2) is 13.6. The molecule has 1 amide bonds. The van der Waals surface area contributed by atoms with Gasteiger partial charge in [0.15, 0.2) is 5.82 Å². The van der Waals surface area contributed by atoms with Crippen molar-refractivity contribution < 1.29 is 23.1 Å². The van der Waals surface area contributed by atoms with Crippen LogP contribution >= 0.6 is 0 Å². The van der Waals surface area contributed by atoms with Gasteiger partial charge in [0, 0.05) is 62.9 Å². The van der Waals surface area contributed by atoms with Crippen LogP contribution in [0.15, 0.2) is 55.4 Å². The molecular weight excluding hydrogens is 594 g/mol. The molecule has 0 radical (unpaired) electrons. The van der Waals surface area contributed by atoms with E-state index in [2.05, 4.69) is 56.0 Å². The maximum atomic E-state index is 14.0. The second-order valence-electron chi connectivity index (χ2n) is 12.1. The molecule has 13 heteroatoms. The summed E-state index contributed by atoms with van der Waals surface area (Å²) in [5.41, 5.74) is 2.51. The number of hydrogen-bond donors (Lipinski definition) is 2. The number of likely N-dealkylation sites (tertiary alicyclic amines) is 1. The van der Waals surface area contributed by atoms with E-state index in [0.29, 0.717) is 59.4 Å². The number of methoxy groups -OCH3 is 1. The standard InChI is InChI=1S/C33H40F2N8O3/c1-5-33(44)39-26-15-27(30(45-4)16-29(26)41-9-6-24(7-10-41)42-18-25(19-42)40(2)3)38-31-17-32(37-20-36-31)43-28(8-11-46-43)21-12-22(34)14-23(35)13-21/h5,12-17,20,24-25,28H,1,6-11,18-19H2,2-4H3,(H,39,44)(H,36,37,38)/t28-/m1/s1. The number of amides is 1. The van der Waals surface area contributed by atoms with Gasteiger partial charge in [-0.2, -0.15) is 0 Å². The molecule has 3 aliphatic rings. The Bertz CT molecular complexity index is 1560. The Hall–Kier alpha value is -4.33. The molecule has 2 aromatic carbocycles. The van der Waals surface area contributed by atoms with Crippen molar-refractivity contribution in [3.8, 4) is 5.75 Å². The van der Waals surface area contributed by atoms with Crippen LogP contribution in [0.5, 0.6) is 5.75 Å². The minimum Gasteiger partial charge on any atom is -0.494 e. The molecule has 11 nitrogen and oxygen atoms in total. The minimum atomic E-state index is -0.652. The Morgan fingerprint density at radius 2 is 1.78 bits per heavy atom. The first-order chi connectivity index (χ1) is 22.2. The zero-order chi connectivity index (χ0) is 32.4. The number of benzene rings is 2. The molecule has 2 N–H and O–H groups in total. The quantitative estimate of drug-likeness (QED) is 0.305. The van der Waals surface area contributed by atoms with Gasteiger partial charge in [0.25, 0.3) is 0 Å². The Morgan fingerprint density at radius 1 is 1.04 bits per heavy atom. The molecule has 3 aliphatic heterocycles. The van der Waals surface area contributed by atoms with Gasteiger partial charge >= 0.3 is 0 Å². The SMILES string of the molecule is C=CC(=O)Nc1cc(Nc2cc(N3OCC[C@@H]3c3cc(F)cc(F)c3)ncn2)c(OC)cc1N1CCC(N2CC(N(C)C)C2)CC1. The lowest BCUT2D eigenvalue weighted by Crippen LogP contribution is -2.62. The third kappa shape index (κ3) is 6.76. The molecule has 0 unspecified atom stereocenters. The van der Waals surface area contributed by atoms with Crippen LogP contribution in [0.4, 0.5) is 37.5 Å². The molecule has 3 aromatic rings. The van der Waals surface area contributed by atoms with Gasteiger partial charge in [0.2, 0.25) is 5.91 Å². The third-order valence-corrected chi connectivity index (χ3v) is 9.02. The van der Waals surface area contributed by atoms with Gasteiger partial charge in [-0.15, -0.1) is 0 Å². The Balaban J connectivity index is 1.22. The van der Waals surface area contributed by atoms with Crippen LogP contribution < -0.4 is 25.3 Å². The van der Waals surface area contributed by atoms with Crippen molar-refractivity contribution >= 4 is 34.6 Å². The van der Waals surface area contributed by atoms with E-state index in [1.807, 2.05) is 12.1 Å². The number of hydrogen-bond acceptors (Lipinski definition) is 10. The van der Waals surface area contributed by atoms with Gasteiger partial charge in [-0.25, -0.2) is 23.8 Å². The van der Waals surface area contributed by atoms with Crippen molar-refractivity contribution in [3.63, 3.8) is 0 Å². The van der Waals surface area contributed by atoms with Gasteiger partial charge in [0.05, 0.1) is 36.8 Å². The fourth-order valence-corrected chi connectivity index (χ4v) is 6.40. The number of anilines is 5. The molecule has 4 heterocycles. The van der Waals surface area contributed by atoms with E-state index in [0.717, 1.165) is 50.8 Å². The highest BCUT2D eigenvalue weighted by Crippen LogP contribution is 2.41. The van der Waals surface area contributed by atoms with Crippen LogP contribution in [0.1, 0.15) is 30.9 Å². The van der Waals surface area contributed by atoms with Crippen molar-refractivity contribution in [3.05, 3.63) is 72.6 Å². The van der Waals surface area contributed by atoms with Gasteiger partial charge in [0.1, 0.15) is 29.5 Å². The smallest absolute Gasteiger partial charge is 0.247 e. The van der Waals surface area contributed by atoms with Crippen LogP contribution in [-0.2, 0) is 9.63 Å². The van der Waals surface area contributed by atoms with Gasteiger partial charge in [-0.3, -0.25) is 14.5 Å². The maximum absolute atomic E-state index is 14.0. The molecular formula is C33H40F2N8O3. The summed E-state index contributed by atoms with van der Waals surface area (Å²) < 4.78 is 33.8. The summed E-state index contributed by atoms with van der Waals surface area (Å²) >= 11 is 0. The highest BCUT2D eigenvalue weighted by Gasteiger charge is 2.35. The number of piperidine rings is 1. The van der Waals surface area contributed by atoms with Crippen LogP contribution in [-0.4, -0.2) is 91.7 Å². The van der Waals surface area contributed by atoms with Crippen LogP contribution in [0.3, 0.4) is 0 Å². The lowest BCUT2D eigenvalue weighted by atomic mass is 9.96. The zero-order valence-electron chi connectivity index (χ0n) is 26.4. The predicted molar refractivity (Wildman–Crippen MR) is 174 cm³/mol. The number of rotatable bonds is 10. The Morgan fingerprint density at radius 3 is 2.46 bits per heavy atom. The van der Waals surface area contributed by atoms with E-state index < -0.39 is 17.7 Å². The summed E-state index contributed by atoms with van der Waals surface area (Å²) in [5, 5.41) is 7.80. The van der Waals surface area contributed by atoms with E-state index in [9.17, 15) is 13.6 Å². The number of ether oxygens (including phenoxy) is 1. The minimum absolute atomic E-state index is 0.321. The first-order valence-electron chi connectivity index (χ1n) is 15.5. The molecule has 0 bridgehead atoms. The van der Waals surface area contributed by atoms with Crippen molar-refractivity contribution in [2.45, 2.75) is 37.4 Å². The zero-order valence-corrected chi connectivity index (χ0v) is 26.4. The lowest BCUT2D eigenvalue weighted by molar-refractivity contribution is -0.111. The van der Waals surface area contributed by atoms with Crippen LogP contribution in [0.25, 0.3) is 0 Å². The van der Waals surface area contributed by atoms with Gasteiger partial charge in [-0.1, -0.05) is 6.58 Å². The van der Waals surface area contributed by atoms with Crippen molar-refractivity contribution in [2.24, 2.45) is 0 Å². The number of hydroxylamine groups is 1. The van der Waals surface area contributed by atoms with E-state index in [4.69, 9.17) is 9.57 Å². The summed E-state index contributed by atoms with van der Waals surface area (Å²) in [6, 6.07) is 9.62. The van der Waals surface area contributed by atoms with Gasteiger partial charge in [-0.05, 0) is 56.8 Å². The van der Waals surface area contributed by atoms with Crippen LogP contribution in [0, 0.1) is 11.6 Å². The fourth-order valence-electron chi connectivity index (χ4n) is 6.40. The largest absolute Gasteiger partial charge is 0.494 e. The average Bonchev–Trinajstić information content (AvgIpc) is 3.51. The Labute approximate surface area is 267 Å². The highest BCUT2D eigenvalue weighted by atomic mass is 19.1. The number of carbonyl (C=O) groups excluding carboxylic acids is 1. The summed E-state index contributed by atoms with van der Waals surface area (Å²) in [6.45, 7) is 7.89. The first kappa shape index (κ1) is 31.6. The van der Waals surface area contributed by atoms with Crippen molar-refractivity contribution in [1.82, 2.24) is 19.8 Å². The molecule has 46 heavy (non-hydrogen) atoms. The summed E-state index contributed by atoms with van der Waals surface area (Å²) in [6.07, 6.45) is 5.22. The summed E-state index contributed by atoms with van der Waals surface area (Å²) in [5.74, 6) is -0.208. The van der Waals surface area contributed by atoms with Gasteiger partial charge < -0.3 is 25.2 Å². The first-order valence-corrected chi connectivity index (χ1v) is 15.5. The fraction of sp³-hybridized carbons (Fsp3) is 0.424. The molecule has 3 fully saturated rings. The summed E-state index contributed by atoms with van der Waals surface area (Å²) in [4.78, 5) is 34.2. The third-order valence-electron chi connectivity index (χ3n) is 9.02. The Kier molecular flexibility index (Phi) is 9.34. The molecule has 0 saturated carbocycles. The monoisotopic (exact) mass is 634 g/mol. The number of likely N-dealkylation sites (N-methyl/N-ethyl adjacent to an activating group) is 1. The molecule has 3 saturated heterocycles. The number of nitrogens with one attached hydrogen (secondary N) is 2. The van der Waals surface area contributed by atoms with E-state index >= 15 is 0 Å². The van der Waals surface area contributed by atoms with Crippen LogP contribution in [0.2, 0.25) is 0 Å². The normalized spacial score (nSPS) is 19.3. The maximum Gasteiger partial charge on any atom is 0.247 e. The number of nitrogens with zero attached hydrogens (tertiary/aromatic N) is 6. The number of carbonyl (C=O) groups is 1. The number of halogens is 2. The average molecular weight is 635 g/mol. The van der Waals surface area contributed by atoms with E-state index in [1.54, 1.807) is 18.2 Å². The predicted octanol–water partition coefficient (Wildman–Crippen LogP) is 4.73. The molecule has 6 rings (SSSR count). The van der Waals surface area contributed by atoms with E-state index in [1.165, 1.54) is 24.5 Å². The lowest BCUT2D eigenvalue weighted by Gasteiger charge is -2.49. The molecule has 1 aromatic heterocycles. The topological polar surface area (TPSA) is 98.3 Å². The second-order valence-corrected chi connectivity index (χ2v) is 12.1. The van der Waals surface area contributed by atoms with Crippen molar-refractivity contribution in [2.75, 3.05) is 74.6 Å². The van der Waals surface area contributed by atoms with E-state index in [-0.39, 0.29) is 5.91 Å². The summed E-state index contributed by atoms with van der Waals surface area (Å²) in [7, 11) is 5.86. The molecule has 1 atom stereocenters. The highest BCUT2D eigenvalue weighted by molar-refractivity contribution is 6.02. The van der Waals surface area contributed by atoms with Crippen molar-refractivity contribution in [1.29, 1.82) is 0 Å². The molecule has 0 spiro atoms. The number of aromatic nitrogens is 2.